The molecule has 1 atom stereocenters. The first-order valence-electron chi connectivity index (χ1n) is 8.00. The van der Waals surface area contributed by atoms with Gasteiger partial charge >= 0.3 is 0 Å². The predicted octanol–water partition coefficient (Wildman–Crippen LogP) is 3.52. The number of aromatic nitrogens is 2. The van der Waals surface area contributed by atoms with Crippen LogP contribution >= 0.6 is 15.9 Å². The first kappa shape index (κ1) is 17.0. The van der Waals surface area contributed by atoms with Crippen molar-refractivity contribution in [2.24, 2.45) is 7.05 Å². The highest BCUT2D eigenvalue weighted by Gasteiger charge is 2.39. The lowest BCUT2D eigenvalue weighted by molar-refractivity contribution is -0.128. The van der Waals surface area contributed by atoms with E-state index in [1.807, 2.05) is 25.6 Å². The van der Waals surface area contributed by atoms with Gasteiger partial charge in [-0.05, 0) is 42.6 Å². The summed E-state index contributed by atoms with van der Waals surface area (Å²) in [4.78, 5) is 0. The standard InChI is InChI=1S/C16H27BrN2O2/c1-4-21-16(9-7-5-6-8-10-16)14(20)11-13-15(17)12(2)18-19(13)3/h14,20H,4-11H2,1-3H3. The number of aliphatic hydroxyl groups excluding tert-OH is 1. The summed E-state index contributed by atoms with van der Waals surface area (Å²) in [6, 6.07) is 0. The highest BCUT2D eigenvalue weighted by Crippen LogP contribution is 2.35. The summed E-state index contributed by atoms with van der Waals surface area (Å²) in [7, 11) is 1.93. The average molecular weight is 359 g/mol. The number of halogens is 1. The van der Waals surface area contributed by atoms with E-state index >= 15 is 0 Å². The molecular weight excluding hydrogens is 332 g/mol. The SMILES string of the molecule is CCOC1(C(O)Cc2c(Br)c(C)nn2C)CCCCCC1. The molecule has 1 heterocycles. The van der Waals surface area contributed by atoms with E-state index in [4.69, 9.17) is 4.74 Å². The number of nitrogens with zero attached hydrogens (tertiary/aromatic N) is 2. The summed E-state index contributed by atoms with van der Waals surface area (Å²) in [5.74, 6) is 0. The molecular formula is C16H27BrN2O2. The van der Waals surface area contributed by atoms with Gasteiger partial charge in [0.1, 0.15) is 0 Å². The van der Waals surface area contributed by atoms with Crippen molar-refractivity contribution in [1.82, 2.24) is 9.78 Å². The van der Waals surface area contributed by atoms with Gasteiger partial charge in [0.2, 0.25) is 0 Å². The van der Waals surface area contributed by atoms with Crippen LogP contribution in [-0.2, 0) is 18.2 Å². The Balaban J connectivity index is 2.19. The van der Waals surface area contributed by atoms with Crippen LogP contribution in [0.1, 0.15) is 56.8 Å². The molecule has 1 aromatic heterocycles. The summed E-state index contributed by atoms with van der Waals surface area (Å²) in [6.45, 7) is 4.65. The summed E-state index contributed by atoms with van der Waals surface area (Å²) in [6.07, 6.45) is 6.78. The molecule has 0 radical (unpaired) electrons. The van der Waals surface area contributed by atoms with Crippen molar-refractivity contribution < 1.29 is 9.84 Å². The molecule has 1 aliphatic carbocycles. The van der Waals surface area contributed by atoms with Crippen LogP contribution in [0, 0.1) is 6.92 Å². The van der Waals surface area contributed by atoms with Crippen LogP contribution in [0.3, 0.4) is 0 Å². The third-order valence-corrected chi connectivity index (χ3v) is 5.67. The number of rotatable bonds is 5. The van der Waals surface area contributed by atoms with Gasteiger partial charge in [0.15, 0.2) is 0 Å². The molecule has 1 saturated carbocycles. The van der Waals surface area contributed by atoms with Crippen LogP contribution in [-0.4, -0.2) is 33.2 Å². The zero-order valence-electron chi connectivity index (χ0n) is 13.4. The second kappa shape index (κ2) is 7.25. The van der Waals surface area contributed by atoms with E-state index in [-0.39, 0.29) is 5.60 Å². The van der Waals surface area contributed by atoms with Crippen LogP contribution in [0.5, 0.6) is 0 Å². The van der Waals surface area contributed by atoms with Crippen LogP contribution in [0.4, 0.5) is 0 Å². The van der Waals surface area contributed by atoms with Gasteiger partial charge in [-0.2, -0.15) is 5.10 Å². The Morgan fingerprint density at radius 1 is 1.33 bits per heavy atom. The van der Waals surface area contributed by atoms with E-state index in [9.17, 15) is 5.11 Å². The topological polar surface area (TPSA) is 47.3 Å². The fraction of sp³-hybridized carbons (Fsp3) is 0.812. The Morgan fingerprint density at radius 2 is 1.95 bits per heavy atom. The molecule has 0 aromatic carbocycles. The molecule has 5 heteroatoms. The van der Waals surface area contributed by atoms with Gasteiger partial charge in [-0.15, -0.1) is 0 Å². The van der Waals surface area contributed by atoms with Gasteiger partial charge in [-0.25, -0.2) is 0 Å². The molecule has 120 valence electrons. The Hall–Kier alpha value is -0.390. The highest BCUT2D eigenvalue weighted by atomic mass is 79.9. The maximum absolute atomic E-state index is 10.9. The number of hydrogen-bond acceptors (Lipinski definition) is 3. The minimum Gasteiger partial charge on any atom is -0.390 e. The summed E-state index contributed by atoms with van der Waals surface area (Å²) in [5.41, 5.74) is 1.62. The third-order valence-electron chi connectivity index (χ3n) is 4.64. The Labute approximate surface area is 136 Å². The van der Waals surface area contributed by atoms with Gasteiger partial charge < -0.3 is 9.84 Å². The van der Waals surface area contributed by atoms with E-state index in [1.54, 1.807) is 0 Å². The smallest absolute Gasteiger partial charge is 0.0943 e. The quantitative estimate of drug-likeness (QED) is 0.819. The van der Waals surface area contributed by atoms with Crippen LogP contribution in [0.2, 0.25) is 0 Å². The van der Waals surface area contributed by atoms with E-state index < -0.39 is 6.10 Å². The van der Waals surface area contributed by atoms with Gasteiger partial charge in [-0.3, -0.25) is 4.68 Å². The van der Waals surface area contributed by atoms with E-state index in [1.165, 1.54) is 12.8 Å². The molecule has 2 rings (SSSR count). The second-order valence-electron chi connectivity index (χ2n) is 6.10. The predicted molar refractivity (Wildman–Crippen MR) is 87.4 cm³/mol. The number of ether oxygens (including phenoxy) is 1. The molecule has 1 aliphatic rings. The molecule has 0 aliphatic heterocycles. The Kier molecular flexibility index (Phi) is 5.86. The fourth-order valence-corrected chi connectivity index (χ4v) is 3.96. The molecule has 21 heavy (non-hydrogen) atoms. The Bertz CT molecular complexity index is 465. The minimum absolute atomic E-state index is 0.386. The van der Waals surface area contributed by atoms with Gasteiger partial charge in [0, 0.05) is 20.1 Å². The molecule has 0 saturated heterocycles. The van der Waals surface area contributed by atoms with E-state index in [0.717, 1.165) is 41.5 Å². The Morgan fingerprint density at radius 3 is 2.43 bits per heavy atom. The fourth-order valence-electron chi connectivity index (χ4n) is 3.46. The first-order valence-corrected chi connectivity index (χ1v) is 8.79. The van der Waals surface area contributed by atoms with Gasteiger partial charge in [-0.1, -0.05) is 25.7 Å². The molecule has 1 fully saturated rings. The van der Waals surface area contributed by atoms with Crippen LogP contribution < -0.4 is 0 Å². The van der Waals surface area contributed by atoms with Crippen LogP contribution in [0.15, 0.2) is 4.47 Å². The van der Waals surface area contributed by atoms with Gasteiger partial charge in [0.25, 0.3) is 0 Å². The average Bonchev–Trinajstić information content (AvgIpc) is 2.65. The van der Waals surface area contributed by atoms with Crippen molar-refractivity contribution in [1.29, 1.82) is 0 Å². The maximum Gasteiger partial charge on any atom is 0.0943 e. The second-order valence-corrected chi connectivity index (χ2v) is 6.89. The summed E-state index contributed by atoms with van der Waals surface area (Å²) >= 11 is 3.59. The van der Waals surface area contributed by atoms with Crippen molar-refractivity contribution >= 4 is 15.9 Å². The molecule has 1 N–H and O–H groups in total. The van der Waals surface area contributed by atoms with Crippen molar-refractivity contribution in [2.45, 2.75) is 70.5 Å². The maximum atomic E-state index is 10.9. The monoisotopic (exact) mass is 358 g/mol. The molecule has 4 nitrogen and oxygen atoms in total. The van der Waals surface area contributed by atoms with Crippen molar-refractivity contribution in [3.8, 4) is 0 Å². The molecule has 0 spiro atoms. The molecule has 0 bridgehead atoms. The number of aryl methyl sites for hydroxylation is 2. The molecule has 1 aromatic rings. The van der Waals surface area contributed by atoms with Crippen LogP contribution in [0.25, 0.3) is 0 Å². The number of aliphatic hydroxyl groups is 1. The lowest BCUT2D eigenvalue weighted by Crippen LogP contribution is -2.46. The molecule has 1 unspecified atom stereocenters. The minimum atomic E-state index is -0.485. The first-order chi connectivity index (χ1) is 10.00. The van der Waals surface area contributed by atoms with Crippen molar-refractivity contribution in [3.63, 3.8) is 0 Å². The van der Waals surface area contributed by atoms with E-state index in [0.29, 0.717) is 13.0 Å². The van der Waals surface area contributed by atoms with E-state index in [2.05, 4.69) is 21.0 Å². The lowest BCUT2D eigenvalue weighted by atomic mass is 9.85. The largest absolute Gasteiger partial charge is 0.390 e. The lowest BCUT2D eigenvalue weighted by Gasteiger charge is -2.37. The zero-order chi connectivity index (χ0) is 15.5. The number of hydrogen-bond donors (Lipinski definition) is 1. The summed E-state index contributed by atoms with van der Waals surface area (Å²) in [5, 5.41) is 15.3. The third kappa shape index (κ3) is 3.69. The van der Waals surface area contributed by atoms with Crippen molar-refractivity contribution in [2.75, 3.05) is 6.61 Å². The summed E-state index contributed by atoms with van der Waals surface area (Å²) < 4.78 is 8.94. The zero-order valence-corrected chi connectivity index (χ0v) is 14.9. The van der Waals surface area contributed by atoms with Gasteiger partial charge in [0.05, 0.1) is 27.6 Å². The highest BCUT2D eigenvalue weighted by molar-refractivity contribution is 9.10. The molecule has 0 amide bonds. The normalized spacial score (nSPS) is 20.2. The van der Waals surface area contributed by atoms with Crippen molar-refractivity contribution in [3.05, 3.63) is 15.9 Å².